The number of hydrogen-bond acceptors (Lipinski definition) is 2. The molecule has 0 unspecified atom stereocenters. The molecule has 0 bridgehead atoms. The number of aryl methyl sites for hydroxylation is 1. The molecule has 1 saturated heterocycles. The quantitative estimate of drug-likeness (QED) is 0.560. The van der Waals surface area contributed by atoms with Crippen LogP contribution < -0.4 is 0 Å². The Balaban J connectivity index is 1.52. The first kappa shape index (κ1) is 19.9. The Bertz CT molecular complexity index is 715. The number of rotatable bonds is 7. The lowest BCUT2D eigenvalue weighted by Gasteiger charge is -2.29. The number of hydrogen-bond donors (Lipinski definition) is 0. The molecule has 0 aromatic heterocycles. The van der Waals surface area contributed by atoms with E-state index in [4.69, 9.17) is 9.47 Å². The van der Waals surface area contributed by atoms with Crippen molar-refractivity contribution in [1.82, 2.24) is 0 Å². The summed E-state index contributed by atoms with van der Waals surface area (Å²) in [5.41, 5.74) is 2.04. The fraction of sp³-hybridized carbons (Fsp3) is 0.455. The molecule has 1 fully saturated rings. The normalized spacial score (nSPS) is 20.0. The highest BCUT2D eigenvalue weighted by Crippen LogP contribution is 2.25. The average molecular weight is 378 g/mol. The molecule has 2 aromatic carbocycles. The first-order valence-corrected chi connectivity index (χ1v) is 9.54. The summed E-state index contributed by atoms with van der Waals surface area (Å²) in [6.45, 7) is 3.69. The van der Waals surface area contributed by atoms with Gasteiger partial charge in [-0.05, 0) is 41.7 Å². The minimum Gasteiger partial charge on any atom is -0.352 e. The zero-order valence-electron chi connectivity index (χ0n) is 15.5. The van der Waals surface area contributed by atoms with Crippen molar-refractivity contribution in [3.63, 3.8) is 0 Å². The van der Waals surface area contributed by atoms with E-state index in [1.54, 1.807) is 12.1 Å². The van der Waals surface area contributed by atoms with Crippen molar-refractivity contribution in [2.24, 2.45) is 5.92 Å². The Hall–Kier alpha value is -1.85. The molecule has 3 rings (SSSR count). The third-order valence-electron chi connectivity index (χ3n) is 4.94. The van der Waals surface area contributed by atoms with Gasteiger partial charge in [0.15, 0.2) is 23.7 Å². The van der Waals surface area contributed by atoms with E-state index in [2.05, 4.69) is 6.92 Å². The number of ether oxygens (including phenoxy) is 2. The number of benzene rings is 2. The van der Waals surface area contributed by atoms with Crippen LogP contribution in [-0.4, -0.2) is 19.5 Å². The van der Waals surface area contributed by atoms with Crippen molar-refractivity contribution in [2.45, 2.75) is 45.3 Å². The fourth-order valence-corrected chi connectivity index (χ4v) is 3.28. The molecule has 2 aromatic rings. The van der Waals surface area contributed by atoms with Crippen LogP contribution in [0.25, 0.3) is 11.1 Å². The Labute approximate surface area is 158 Å². The van der Waals surface area contributed by atoms with Crippen LogP contribution in [0.4, 0.5) is 13.2 Å². The van der Waals surface area contributed by atoms with Gasteiger partial charge in [0.2, 0.25) is 0 Å². The van der Waals surface area contributed by atoms with E-state index in [0.717, 1.165) is 50.2 Å². The molecule has 0 saturated carbocycles. The molecule has 0 amide bonds. The van der Waals surface area contributed by atoms with E-state index in [-0.39, 0.29) is 6.29 Å². The van der Waals surface area contributed by atoms with Crippen molar-refractivity contribution < 1.29 is 22.6 Å². The monoisotopic (exact) mass is 378 g/mol. The summed E-state index contributed by atoms with van der Waals surface area (Å²) in [4.78, 5) is 0. The molecule has 1 aliphatic rings. The second kappa shape index (κ2) is 9.38. The van der Waals surface area contributed by atoms with Crippen LogP contribution in [0.1, 0.15) is 38.2 Å². The van der Waals surface area contributed by atoms with Crippen molar-refractivity contribution in [2.75, 3.05) is 13.2 Å². The minimum atomic E-state index is -1.44. The van der Waals surface area contributed by atoms with Gasteiger partial charge < -0.3 is 9.47 Å². The maximum absolute atomic E-state index is 13.4. The second-order valence-electron chi connectivity index (χ2n) is 7.09. The first-order chi connectivity index (χ1) is 13.1. The SMILES string of the molecule is CCCCC1COC(CCc2ccc(-c3cc(F)c(F)c(F)c3)cc2)OC1. The smallest absolute Gasteiger partial charge is 0.194 e. The van der Waals surface area contributed by atoms with Gasteiger partial charge in [0.25, 0.3) is 0 Å². The van der Waals surface area contributed by atoms with Gasteiger partial charge in [0, 0.05) is 12.3 Å². The Morgan fingerprint density at radius 3 is 2.11 bits per heavy atom. The summed E-state index contributed by atoms with van der Waals surface area (Å²) in [5.74, 6) is -3.31. The topological polar surface area (TPSA) is 18.5 Å². The van der Waals surface area contributed by atoms with Crippen LogP contribution in [0, 0.1) is 23.4 Å². The average Bonchev–Trinajstić information content (AvgIpc) is 2.69. The summed E-state index contributed by atoms with van der Waals surface area (Å²) in [7, 11) is 0. The summed E-state index contributed by atoms with van der Waals surface area (Å²) in [6.07, 6.45) is 4.91. The predicted molar refractivity (Wildman–Crippen MR) is 98.8 cm³/mol. The zero-order chi connectivity index (χ0) is 19.2. The minimum absolute atomic E-state index is 0.178. The second-order valence-corrected chi connectivity index (χ2v) is 7.09. The van der Waals surface area contributed by atoms with Crippen LogP contribution >= 0.6 is 0 Å². The van der Waals surface area contributed by atoms with Gasteiger partial charge in [-0.3, -0.25) is 0 Å². The molecule has 0 aliphatic carbocycles. The Morgan fingerprint density at radius 2 is 1.52 bits per heavy atom. The van der Waals surface area contributed by atoms with Gasteiger partial charge in [0.05, 0.1) is 13.2 Å². The number of halogens is 3. The molecule has 1 aliphatic heterocycles. The molecule has 2 nitrogen and oxygen atoms in total. The molecule has 0 N–H and O–H groups in total. The summed E-state index contributed by atoms with van der Waals surface area (Å²) < 4.78 is 51.4. The van der Waals surface area contributed by atoms with Crippen LogP contribution in [-0.2, 0) is 15.9 Å². The zero-order valence-corrected chi connectivity index (χ0v) is 15.5. The molecule has 0 atom stereocenters. The van der Waals surface area contributed by atoms with Crippen molar-refractivity contribution >= 4 is 0 Å². The lowest BCUT2D eigenvalue weighted by Crippen LogP contribution is -2.32. The predicted octanol–water partition coefficient (Wildman–Crippen LogP) is 5.88. The Kier molecular flexibility index (Phi) is 6.91. The van der Waals surface area contributed by atoms with E-state index in [1.807, 2.05) is 12.1 Å². The lowest BCUT2D eigenvalue weighted by atomic mass is 10.0. The summed E-state index contributed by atoms with van der Waals surface area (Å²) in [5, 5.41) is 0. The van der Waals surface area contributed by atoms with Crippen molar-refractivity contribution in [3.8, 4) is 11.1 Å². The van der Waals surface area contributed by atoms with E-state index in [0.29, 0.717) is 17.0 Å². The molecule has 146 valence electrons. The van der Waals surface area contributed by atoms with Gasteiger partial charge in [-0.2, -0.15) is 0 Å². The molecule has 0 spiro atoms. The first-order valence-electron chi connectivity index (χ1n) is 9.54. The van der Waals surface area contributed by atoms with E-state index >= 15 is 0 Å². The van der Waals surface area contributed by atoms with Crippen LogP contribution in [0.2, 0.25) is 0 Å². The van der Waals surface area contributed by atoms with Gasteiger partial charge in [0.1, 0.15) is 0 Å². The summed E-state index contributed by atoms with van der Waals surface area (Å²) >= 11 is 0. The molecular formula is C22H25F3O2. The molecule has 1 heterocycles. The van der Waals surface area contributed by atoms with Gasteiger partial charge >= 0.3 is 0 Å². The molecular weight excluding hydrogens is 353 g/mol. The Morgan fingerprint density at radius 1 is 0.889 bits per heavy atom. The molecule has 27 heavy (non-hydrogen) atoms. The molecule has 0 radical (unpaired) electrons. The van der Waals surface area contributed by atoms with Gasteiger partial charge in [-0.1, -0.05) is 44.0 Å². The van der Waals surface area contributed by atoms with Crippen molar-refractivity contribution in [3.05, 3.63) is 59.4 Å². The van der Waals surface area contributed by atoms with E-state index in [9.17, 15) is 13.2 Å². The highest BCUT2D eigenvalue weighted by Gasteiger charge is 2.21. The third kappa shape index (κ3) is 5.33. The van der Waals surface area contributed by atoms with Gasteiger partial charge in [-0.25, -0.2) is 13.2 Å². The highest BCUT2D eigenvalue weighted by atomic mass is 19.2. The largest absolute Gasteiger partial charge is 0.352 e. The van der Waals surface area contributed by atoms with Crippen molar-refractivity contribution in [1.29, 1.82) is 0 Å². The standard InChI is InChI=1S/C22H25F3O2/c1-2-3-4-16-13-26-21(27-14-16)10-7-15-5-8-17(9-6-15)18-11-19(23)22(25)20(24)12-18/h5-6,8-9,11-12,16,21H,2-4,7,10,13-14H2,1H3. The van der Waals surface area contributed by atoms with E-state index < -0.39 is 17.5 Å². The summed E-state index contributed by atoms with van der Waals surface area (Å²) in [6, 6.07) is 9.39. The molecule has 5 heteroatoms. The maximum Gasteiger partial charge on any atom is 0.194 e. The van der Waals surface area contributed by atoms with E-state index in [1.165, 1.54) is 12.8 Å². The van der Waals surface area contributed by atoms with Crippen LogP contribution in [0.5, 0.6) is 0 Å². The fourth-order valence-electron chi connectivity index (χ4n) is 3.28. The maximum atomic E-state index is 13.4. The highest BCUT2D eigenvalue weighted by molar-refractivity contribution is 5.63. The third-order valence-corrected chi connectivity index (χ3v) is 4.94. The van der Waals surface area contributed by atoms with Crippen LogP contribution in [0.15, 0.2) is 36.4 Å². The lowest BCUT2D eigenvalue weighted by molar-refractivity contribution is -0.203. The number of unbranched alkanes of at least 4 members (excludes halogenated alkanes) is 1. The van der Waals surface area contributed by atoms with Gasteiger partial charge in [-0.15, -0.1) is 0 Å². The van der Waals surface area contributed by atoms with Crippen LogP contribution in [0.3, 0.4) is 0 Å².